The van der Waals surface area contributed by atoms with Crippen LogP contribution in [0.3, 0.4) is 0 Å². The Balaban J connectivity index is 1.99. The molecular formula is C13H17N3O. The quantitative estimate of drug-likeness (QED) is 0.766. The molecule has 1 saturated heterocycles. The Bertz CT molecular complexity index is 539. The van der Waals surface area contributed by atoms with Crippen molar-refractivity contribution in [3.63, 3.8) is 0 Å². The van der Waals surface area contributed by atoms with E-state index in [0.717, 1.165) is 24.2 Å². The first-order chi connectivity index (χ1) is 8.15. The van der Waals surface area contributed by atoms with Gasteiger partial charge < -0.3 is 15.1 Å². The molecule has 0 radical (unpaired) electrons. The van der Waals surface area contributed by atoms with E-state index < -0.39 is 0 Å². The molecule has 90 valence electrons. The van der Waals surface area contributed by atoms with Gasteiger partial charge in [0.05, 0.1) is 5.69 Å². The summed E-state index contributed by atoms with van der Waals surface area (Å²) in [4.78, 5) is 6.70. The van der Waals surface area contributed by atoms with E-state index in [2.05, 4.69) is 23.7 Å². The molecule has 0 aliphatic carbocycles. The van der Waals surface area contributed by atoms with Gasteiger partial charge in [-0.15, -0.1) is 0 Å². The number of nitrogen functional groups attached to an aromatic ring is 1. The molecule has 17 heavy (non-hydrogen) atoms. The zero-order chi connectivity index (χ0) is 12.0. The molecule has 0 saturated carbocycles. The highest BCUT2D eigenvalue weighted by molar-refractivity contribution is 5.86. The van der Waals surface area contributed by atoms with Crippen molar-refractivity contribution in [2.75, 3.05) is 23.7 Å². The summed E-state index contributed by atoms with van der Waals surface area (Å²) >= 11 is 0. The summed E-state index contributed by atoms with van der Waals surface area (Å²) < 4.78 is 5.76. The van der Waals surface area contributed by atoms with Crippen LogP contribution in [0.2, 0.25) is 0 Å². The lowest BCUT2D eigenvalue weighted by Gasteiger charge is -2.11. The number of para-hydroxylation sites is 1. The molecule has 2 unspecified atom stereocenters. The van der Waals surface area contributed by atoms with Crippen LogP contribution in [0.4, 0.5) is 11.7 Å². The van der Waals surface area contributed by atoms with Gasteiger partial charge in [0.25, 0.3) is 6.01 Å². The number of benzene rings is 1. The average Bonchev–Trinajstić information content (AvgIpc) is 2.85. The second-order valence-electron chi connectivity index (χ2n) is 5.05. The molecule has 0 bridgehead atoms. The van der Waals surface area contributed by atoms with Gasteiger partial charge in [0.15, 0.2) is 5.58 Å². The number of rotatable bonds is 1. The third-order valence-corrected chi connectivity index (χ3v) is 3.70. The molecule has 0 spiro atoms. The van der Waals surface area contributed by atoms with Crippen molar-refractivity contribution in [2.24, 2.45) is 11.8 Å². The van der Waals surface area contributed by atoms with Gasteiger partial charge in [0.2, 0.25) is 0 Å². The van der Waals surface area contributed by atoms with Crippen molar-refractivity contribution >= 4 is 22.8 Å². The van der Waals surface area contributed by atoms with Crippen LogP contribution >= 0.6 is 0 Å². The number of fused-ring (bicyclic) bond motifs is 1. The molecular weight excluding hydrogens is 214 g/mol. The van der Waals surface area contributed by atoms with Crippen molar-refractivity contribution in [3.8, 4) is 0 Å². The predicted molar refractivity (Wildman–Crippen MR) is 69.0 cm³/mol. The van der Waals surface area contributed by atoms with Gasteiger partial charge in [-0.3, -0.25) is 0 Å². The molecule has 4 nitrogen and oxygen atoms in total. The minimum absolute atomic E-state index is 0.679. The van der Waals surface area contributed by atoms with Gasteiger partial charge >= 0.3 is 0 Å². The Morgan fingerprint density at radius 1 is 1.29 bits per heavy atom. The van der Waals surface area contributed by atoms with Crippen LogP contribution in [0.15, 0.2) is 22.6 Å². The molecule has 2 N–H and O–H groups in total. The monoisotopic (exact) mass is 231 g/mol. The Hall–Kier alpha value is -1.71. The summed E-state index contributed by atoms with van der Waals surface area (Å²) in [5.74, 6) is 1.37. The second-order valence-corrected chi connectivity index (χ2v) is 5.05. The van der Waals surface area contributed by atoms with E-state index in [9.17, 15) is 0 Å². The minimum Gasteiger partial charge on any atom is -0.423 e. The highest BCUT2D eigenvalue weighted by Crippen LogP contribution is 2.31. The van der Waals surface area contributed by atoms with Gasteiger partial charge in [-0.1, -0.05) is 19.9 Å². The summed E-state index contributed by atoms with van der Waals surface area (Å²) in [6, 6.07) is 6.35. The molecule has 1 aromatic heterocycles. The predicted octanol–water partition coefficient (Wildman–Crippen LogP) is 2.50. The third-order valence-electron chi connectivity index (χ3n) is 3.70. The topological polar surface area (TPSA) is 55.3 Å². The standard InChI is InChI=1S/C13H17N3O/c1-8-6-16(7-9(8)2)13-15-12-10(14)4-3-5-11(12)17-13/h3-5,8-9H,6-7,14H2,1-2H3. The number of aromatic nitrogens is 1. The van der Waals surface area contributed by atoms with Crippen LogP contribution in [0.25, 0.3) is 11.1 Å². The summed E-state index contributed by atoms with van der Waals surface area (Å²) in [6.45, 7) is 6.55. The van der Waals surface area contributed by atoms with Crippen LogP contribution in [0.1, 0.15) is 13.8 Å². The first-order valence-electron chi connectivity index (χ1n) is 6.05. The molecule has 1 aliphatic rings. The first-order valence-corrected chi connectivity index (χ1v) is 6.05. The maximum atomic E-state index is 5.88. The van der Waals surface area contributed by atoms with Crippen LogP contribution in [0, 0.1) is 11.8 Å². The molecule has 4 heteroatoms. The molecule has 1 aliphatic heterocycles. The minimum atomic E-state index is 0.679. The van der Waals surface area contributed by atoms with Gasteiger partial charge in [-0.05, 0) is 24.0 Å². The fraction of sp³-hybridized carbons (Fsp3) is 0.462. The van der Waals surface area contributed by atoms with Crippen LogP contribution in [0.5, 0.6) is 0 Å². The number of hydrogen-bond donors (Lipinski definition) is 1. The molecule has 0 amide bonds. The van der Waals surface area contributed by atoms with Crippen molar-refractivity contribution < 1.29 is 4.42 Å². The fourth-order valence-electron chi connectivity index (χ4n) is 2.38. The number of nitrogens with zero attached hydrogens (tertiary/aromatic N) is 2. The Morgan fingerprint density at radius 2 is 2.00 bits per heavy atom. The largest absolute Gasteiger partial charge is 0.423 e. The fourth-order valence-corrected chi connectivity index (χ4v) is 2.38. The van der Waals surface area contributed by atoms with E-state index in [1.54, 1.807) is 0 Å². The van der Waals surface area contributed by atoms with Gasteiger partial charge in [0.1, 0.15) is 5.52 Å². The van der Waals surface area contributed by atoms with Crippen molar-refractivity contribution in [3.05, 3.63) is 18.2 Å². The molecule has 1 aromatic carbocycles. The zero-order valence-electron chi connectivity index (χ0n) is 10.2. The number of hydrogen-bond acceptors (Lipinski definition) is 4. The van der Waals surface area contributed by atoms with Gasteiger partial charge in [-0.25, -0.2) is 0 Å². The summed E-state index contributed by atoms with van der Waals surface area (Å²) in [5.41, 5.74) is 8.10. The molecule has 2 aromatic rings. The second kappa shape index (κ2) is 3.65. The average molecular weight is 231 g/mol. The van der Waals surface area contributed by atoms with Crippen molar-refractivity contribution in [2.45, 2.75) is 13.8 Å². The lowest BCUT2D eigenvalue weighted by molar-refractivity contribution is 0.494. The van der Waals surface area contributed by atoms with E-state index in [1.165, 1.54) is 0 Å². The van der Waals surface area contributed by atoms with Crippen molar-refractivity contribution in [1.82, 2.24) is 4.98 Å². The number of nitrogens with two attached hydrogens (primary N) is 1. The van der Waals surface area contributed by atoms with Gasteiger partial charge in [0, 0.05) is 13.1 Å². The Morgan fingerprint density at radius 3 is 2.65 bits per heavy atom. The van der Waals surface area contributed by atoms with E-state index in [-0.39, 0.29) is 0 Å². The number of anilines is 2. The summed E-state index contributed by atoms with van der Waals surface area (Å²) in [5, 5.41) is 0. The molecule has 1 fully saturated rings. The Kier molecular flexibility index (Phi) is 2.24. The summed E-state index contributed by atoms with van der Waals surface area (Å²) in [6.07, 6.45) is 0. The molecule has 2 atom stereocenters. The molecule has 2 heterocycles. The number of oxazole rings is 1. The van der Waals surface area contributed by atoms with Crippen LogP contribution < -0.4 is 10.6 Å². The Labute approximate surface area is 100 Å². The zero-order valence-corrected chi connectivity index (χ0v) is 10.2. The SMILES string of the molecule is CC1CN(c2nc3c(N)cccc3o2)CC1C. The lowest BCUT2D eigenvalue weighted by Crippen LogP contribution is -2.19. The first kappa shape index (κ1) is 10.4. The maximum absolute atomic E-state index is 5.88. The van der Waals surface area contributed by atoms with E-state index in [4.69, 9.17) is 10.2 Å². The molecule has 3 rings (SSSR count). The lowest BCUT2D eigenvalue weighted by atomic mass is 10.0. The van der Waals surface area contributed by atoms with Crippen molar-refractivity contribution in [1.29, 1.82) is 0 Å². The van der Waals surface area contributed by atoms with E-state index >= 15 is 0 Å². The highest BCUT2D eigenvalue weighted by Gasteiger charge is 2.29. The maximum Gasteiger partial charge on any atom is 0.298 e. The van der Waals surface area contributed by atoms with Crippen LogP contribution in [-0.4, -0.2) is 18.1 Å². The van der Waals surface area contributed by atoms with Crippen LogP contribution in [-0.2, 0) is 0 Å². The van der Waals surface area contributed by atoms with Gasteiger partial charge in [-0.2, -0.15) is 4.98 Å². The normalized spacial score (nSPS) is 24.7. The van der Waals surface area contributed by atoms with E-state index in [1.807, 2.05) is 18.2 Å². The smallest absolute Gasteiger partial charge is 0.298 e. The third kappa shape index (κ3) is 1.64. The summed E-state index contributed by atoms with van der Waals surface area (Å²) in [7, 11) is 0. The van der Waals surface area contributed by atoms with E-state index in [0.29, 0.717) is 23.5 Å². The highest BCUT2D eigenvalue weighted by atomic mass is 16.4.